The van der Waals surface area contributed by atoms with Crippen LogP contribution in [0.15, 0.2) is 36.5 Å². The van der Waals surface area contributed by atoms with Crippen molar-refractivity contribution >= 4 is 22.6 Å². The molecule has 0 unspecified atom stereocenters. The molecule has 8 heteroatoms. The van der Waals surface area contributed by atoms with Gasteiger partial charge in [-0.1, -0.05) is 12.1 Å². The summed E-state index contributed by atoms with van der Waals surface area (Å²) in [5, 5.41) is 21.0. The van der Waals surface area contributed by atoms with Gasteiger partial charge in [0.25, 0.3) is 11.6 Å². The van der Waals surface area contributed by atoms with Crippen LogP contribution < -0.4 is 5.32 Å². The molecule has 0 spiro atoms. The summed E-state index contributed by atoms with van der Waals surface area (Å²) in [5.41, 5.74) is 2.64. The van der Waals surface area contributed by atoms with Crippen LogP contribution in [0.3, 0.4) is 0 Å². The van der Waals surface area contributed by atoms with E-state index in [0.29, 0.717) is 11.2 Å². The summed E-state index contributed by atoms with van der Waals surface area (Å²) in [6.45, 7) is 2.13. The summed E-state index contributed by atoms with van der Waals surface area (Å²) in [6.07, 6.45) is 1.47. The lowest BCUT2D eigenvalue weighted by Crippen LogP contribution is -2.22. The molecule has 0 fully saturated rings. The van der Waals surface area contributed by atoms with Gasteiger partial charge >= 0.3 is 0 Å². The van der Waals surface area contributed by atoms with Crippen molar-refractivity contribution in [3.63, 3.8) is 0 Å². The number of carbonyl (C=O) groups is 1. The van der Waals surface area contributed by atoms with Crippen LogP contribution in [0.2, 0.25) is 0 Å². The van der Waals surface area contributed by atoms with E-state index in [2.05, 4.69) is 20.5 Å². The number of hydrogen-bond acceptors (Lipinski definition) is 5. The van der Waals surface area contributed by atoms with E-state index in [1.165, 1.54) is 18.3 Å². The number of aromatic nitrogens is 3. The molecule has 23 heavy (non-hydrogen) atoms. The molecule has 0 atom stereocenters. The van der Waals surface area contributed by atoms with Crippen molar-refractivity contribution in [2.75, 3.05) is 0 Å². The molecule has 2 heterocycles. The maximum atomic E-state index is 12.2. The number of carbonyl (C=O) groups excluding carboxylic acids is 1. The average Bonchev–Trinajstić information content (AvgIpc) is 2.93. The molecule has 0 saturated heterocycles. The number of aryl methyl sites for hydroxylation is 1. The Morgan fingerprint density at radius 1 is 1.35 bits per heavy atom. The van der Waals surface area contributed by atoms with E-state index in [1.807, 2.05) is 6.92 Å². The molecule has 116 valence electrons. The van der Waals surface area contributed by atoms with E-state index < -0.39 is 4.92 Å². The van der Waals surface area contributed by atoms with Gasteiger partial charge in [0.05, 0.1) is 10.5 Å². The number of amides is 1. The van der Waals surface area contributed by atoms with Crippen molar-refractivity contribution in [2.24, 2.45) is 0 Å². The summed E-state index contributed by atoms with van der Waals surface area (Å²) in [5.74, 6) is -0.265. The lowest BCUT2D eigenvalue weighted by molar-refractivity contribution is -0.384. The minimum atomic E-state index is -0.462. The van der Waals surface area contributed by atoms with Crippen LogP contribution in [0.5, 0.6) is 0 Å². The number of hydrogen-bond donors (Lipinski definition) is 2. The minimum Gasteiger partial charge on any atom is -0.348 e. The lowest BCUT2D eigenvalue weighted by Gasteiger charge is -2.05. The number of benzene rings is 1. The number of rotatable bonds is 4. The van der Waals surface area contributed by atoms with Crippen LogP contribution in [0, 0.1) is 17.0 Å². The van der Waals surface area contributed by atoms with E-state index in [4.69, 9.17) is 0 Å². The van der Waals surface area contributed by atoms with Crippen molar-refractivity contribution in [1.29, 1.82) is 0 Å². The van der Waals surface area contributed by atoms with Gasteiger partial charge in [-0.15, -0.1) is 0 Å². The second kappa shape index (κ2) is 5.84. The number of aromatic amines is 1. The highest BCUT2D eigenvalue weighted by Crippen LogP contribution is 2.15. The Kier molecular flexibility index (Phi) is 3.71. The summed E-state index contributed by atoms with van der Waals surface area (Å²) in [4.78, 5) is 26.4. The van der Waals surface area contributed by atoms with E-state index >= 15 is 0 Å². The highest BCUT2D eigenvalue weighted by molar-refractivity contribution is 5.97. The first kappa shape index (κ1) is 14.6. The summed E-state index contributed by atoms with van der Waals surface area (Å²) >= 11 is 0. The van der Waals surface area contributed by atoms with Crippen LogP contribution >= 0.6 is 0 Å². The van der Waals surface area contributed by atoms with Crippen LogP contribution in [-0.4, -0.2) is 26.0 Å². The number of H-pyrrole nitrogens is 1. The molecular weight excluding hydrogens is 298 g/mol. The number of nitrogens with zero attached hydrogens (tertiary/aromatic N) is 3. The smallest absolute Gasteiger partial charge is 0.269 e. The Bertz CT molecular complexity index is 886. The summed E-state index contributed by atoms with van der Waals surface area (Å²) in [7, 11) is 0. The Hall–Kier alpha value is -3.29. The largest absolute Gasteiger partial charge is 0.348 e. The summed E-state index contributed by atoms with van der Waals surface area (Å²) < 4.78 is 0. The molecule has 1 aromatic carbocycles. The maximum absolute atomic E-state index is 12.2. The Labute approximate surface area is 130 Å². The fourth-order valence-electron chi connectivity index (χ4n) is 2.16. The van der Waals surface area contributed by atoms with Gasteiger partial charge in [-0.05, 0) is 18.6 Å². The first-order valence-electron chi connectivity index (χ1n) is 6.87. The fraction of sp³-hybridized carbons (Fsp3) is 0.133. The fourth-order valence-corrected chi connectivity index (χ4v) is 2.16. The zero-order valence-corrected chi connectivity index (χ0v) is 12.2. The molecule has 1 amide bonds. The molecule has 0 bridgehead atoms. The Balaban J connectivity index is 1.70. The molecule has 0 aliphatic heterocycles. The molecular formula is C15H13N5O3. The van der Waals surface area contributed by atoms with Crippen molar-refractivity contribution in [3.05, 3.63) is 63.5 Å². The van der Waals surface area contributed by atoms with Gasteiger partial charge in [-0.2, -0.15) is 5.10 Å². The van der Waals surface area contributed by atoms with Gasteiger partial charge in [0.2, 0.25) is 0 Å². The van der Waals surface area contributed by atoms with Crippen molar-refractivity contribution in [3.8, 4) is 0 Å². The lowest BCUT2D eigenvalue weighted by atomic mass is 10.2. The molecule has 0 aliphatic rings. The monoisotopic (exact) mass is 311 g/mol. The van der Waals surface area contributed by atoms with E-state index in [1.54, 1.807) is 18.2 Å². The summed E-state index contributed by atoms with van der Waals surface area (Å²) in [6, 6.07) is 7.76. The highest BCUT2D eigenvalue weighted by atomic mass is 16.6. The molecule has 2 N–H and O–H groups in total. The number of pyridine rings is 1. The van der Waals surface area contributed by atoms with Gasteiger partial charge < -0.3 is 5.32 Å². The SMILES string of the molecule is Cc1[nH]nc2ncc(C(=O)NCc3ccc([N+](=O)[O-])cc3)cc12. The molecule has 2 aromatic heterocycles. The number of nitro groups is 1. The molecule has 3 aromatic rings. The molecule has 0 saturated carbocycles. The third-order valence-corrected chi connectivity index (χ3v) is 3.46. The molecule has 8 nitrogen and oxygen atoms in total. The van der Waals surface area contributed by atoms with Crippen molar-refractivity contribution in [1.82, 2.24) is 20.5 Å². The third-order valence-electron chi connectivity index (χ3n) is 3.46. The van der Waals surface area contributed by atoms with E-state index in [9.17, 15) is 14.9 Å². The third kappa shape index (κ3) is 3.00. The van der Waals surface area contributed by atoms with E-state index in [-0.39, 0.29) is 18.1 Å². The highest BCUT2D eigenvalue weighted by Gasteiger charge is 2.10. The molecule has 3 rings (SSSR count). The van der Waals surface area contributed by atoms with E-state index in [0.717, 1.165) is 16.6 Å². The Morgan fingerprint density at radius 3 is 2.78 bits per heavy atom. The zero-order chi connectivity index (χ0) is 16.4. The van der Waals surface area contributed by atoms with Gasteiger partial charge in [0.15, 0.2) is 5.65 Å². The van der Waals surface area contributed by atoms with Gasteiger partial charge in [-0.25, -0.2) is 4.98 Å². The first-order valence-corrected chi connectivity index (χ1v) is 6.87. The van der Waals surface area contributed by atoms with Crippen molar-refractivity contribution < 1.29 is 9.72 Å². The zero-order valence-electron chi connectivity index (χ0n) is 12.2. The number of non-ortho nitro benzene ring substituents is 1. The average molecular weight is 311 g/mol. The second-order valence-electron chi connectivity index (χ2n) is 5.05. The number of nitro benzene ring substituents is 1. The van der Waals surface area contributed by atoms with Gasteiger partial charge in [0, 0.05) is 36.0 Å². The Morgan fingerprint density at radius 2 is 2.09 bits per heavy atom. The molecule has 0 aliphatic carbocycles. The van der Waals surface area contributed by atoms with Gasteiger partial charge in [-0.3, -0.25) is 20.0 Å². The maximum Gasteiger partial charge on any atom is 0.269 e. The number of fused-ring (bicyclic) bond motifs is 1. The predicted molar refractivity (Wildman–Crippen MR) is 82.9 cm³/mol. The van der Waals surface area contributed by atoms with Gasteiger partial charge in [0.1, 0.15) is 0 Å². The predicted octanol–water partition coefficient (Wildman–Crippen LogP) is 2.10. The van der Waals surface area contributed by atoms with Crippen LogP contribution in [0.1, 0.15) is 21.6 Å². The standard InChI is InChI=1S/C15H13N5O3/c1-9-13-6-11(8-16-14(13)19-18-9)15(21)17-7-10-2-4-12(5-3-10)20(22)23/h2-6,8H,7H2,1H3,(H,17,21)(H,16,18,19). The normalized spacial score (nSPS) is 10.7. The second-order valence-corrected chi connectivity index (χ2v) is 5.05. The minimum absolute atomic E-state index is 0.0187. The quantitative estimate of drug-likeness (QED) is 0.565. The number of nitrogens with one attached hydrogen (secondary N) is 2. The van der Waals surface area contributed by atoms with Crippen LogP contribution in [0.4, 0.5) is 5.69 Å². The molecule has 0 radical (unpaired) electrons. The topological polar surface area (TPSA) is 114 Å². The van der Waals surface area contributed by atoms with Crippen molar-refractivity contribution in [2.45, 2.75) is 13.5 Å². The van der Waals surface area contributed by atoms with Crippen LogP contribution in [-0.2, 0) is 6.54 Å². The first-order chi connectivity index (χ1) is 11.0. The van der Waals surface area contributed by atoms with Crippen LogP contribution in [0.25, 0.3) is 11.0 Å².